The molecule has 0 aromatic heterocycles. The standard InChI is InChI=1S/C20H24N2O5S/c1-4-14(2)16-5-9-18(10-6-16)27-13-20(24)21-17-7-11-19(12-8-17)28(25,26)22-15(3)23/h5-12,14H,4,13H2,1-3H3,(H,21,24)(H,22,23). The molecule has 0 fully saturated rings. The molecule has 28 heavy (non-hydrogen) atoms. The van der Waals surface area contributed by atoms with Crippen LogP contribution in [0.15, 0.2) is 53.4 Å². The molecule has 7 nitrogen and oxygen atoms in total. The Hall–Kier alpha value is -2.87. The van der Waals surface area contributed by atoms with Crippen LogP contribution in [0, 0.1) is 0 Å². The van der Waals surface area contributed by atoms with Crippen LogP contribution in [0.5, 0.6) is 5.75 Å². The fourth-order valence-electron chi connectivity index (χ4n) is 2.44. The van der Waals surface area contributed by atoms with Crippen LogP contribution in [0.1, 0.15) is 38.7 Å². The highest BCUT2D eigenvalue weighted by Crippen LogP contribution is 2.21. The Balaban J connectivity index is 1.90. The van der Waals surface area contributed by atoms with Crippen molar-refractivity contribution < 1.29 is 22.7 Å². The highest BCUT2D eigenvalue weighted by molar-refractivity contribution is 7.90. The summed E-state index contributed by atoms with van der Waals surface area (Å²) in [5, 5.41) is 2.62. The lowest BCUT2D eigenvalue weighted by molar-refractivity contribution is -0.118. The van der Waals surface area contributed by atoms with Gasteiger partial charge in [0.25, 0.3) is 15.9 Å². The number of hydrogen-bond acceptors (Lipinski definition) is 5. The van der Waals surface area contributed by atoms with Gasteiger partial charge in [0.15, 0.2) is 6.61 Å². The molecule has 150 valence electrons. The minimum atomic E-state index is -3.90. The fourth-order valence-corrected chi connectivity index (χ4v) is 3.43. The predicted octanol–water partition coefficient (Wildman–Crippen LogP) is 3.04. The van der Waals surface area contributed by atoms with Gasteiger partial charge in [0.2, 0.25) is 5.91 Å². The van der Waals surface area contributed by atoms with Crippen LogP contribution in [0.3, 0.4) is 0 Å². The van der Waals surface area contributed by atoms with Crippen LogP contribution in [-0.2, 0) is 19.6 Å². The second kappa shape index (κ2) is 9.36. The third-order valence-electron chi connectivity index (χ3n) is 4.16. The van der Waals surface area contributed by atoms with Crippen LogP contribution in [-0.4, -0.2) is 26.8 Å². The maximum atomic E-state index is 12.0. The molecule has 2 aromatic carbocycles. The van der Waals surface area contributed by atoms with E-state index in [1.165, 1.54) is 29.8 Å². The van der Waals surface area contributed by atoms with E-state index < -0.39 is 15.9 Å². The number of sulfonamides is 1. The molecule has 0 radical (unpaired) electrons. The molecule has 0 aliphatic heterocycles. The average molecular weight is 404 g/mol. The first-order valence-electron chi connectivity index (χ1n) is 8.87. The van der Waals surface area contributed by atoms with Crippen LogP contribution in [0.4, 0.5) is 5.69 Å². The van der Waals surface area contributed by atoms with Crippen molar-refractivity contribution in [3.05, 3.63) is 54.1 Å². The van der Waals surface area contributed by atoms with Crippen LogP contribution in [0.2, 0.25) is 0 Å². The molecule has 2 amide bonds. The highest BCUT2D eigenvalue weighted by Gasteiger charge is 2.15. The van der Waals surface area contributed by atoms with E-state index in [-0.39, 0.29) is 17.4 Å². The number of hydrogen-bond donors (Lipinski definition) is 2. The molecular weight excluding hydrogens is 380 g/mol. The van der Waals surface area contributed by atoms with Gasteiger partial charge in [-0.3, -0.25) is 9.59 Å². The Labute approximate surface area is 165 Å². The van der Waals surface area contributed by atoms with Crippen LogP contribution >= 0.6 is 0 Å². The van der Waals surface area contributed by atoms with Crippen molar-refractivity contribution >= 4 is 27.5 Å². The van der Waals surface area contributed by atoms with Gasteiger partial charge >= 0.3 is 0 Å². The average Bonchev–Trinajstić information content (AvgIpc) is 2.65. The van der Waals surface area contributed by atoms with Crippen molar-refractivity contribution in [1.29, 1.82) is 0 Å². The lowest BCUT2D eigenvalue weighted by atomic mass is 9.99. The number of amides is 2. The SMILES string of the molecule is CCC(C)c1ccc(OCC(=O)Nc2ccc(S(=O)(=O)NC(C)=O)cc2)cc1. The first-order valence-corrected chi connectivity index (χ1v) is 10.4. The summed E-state index contributed by atoms with van der Waals surface area (Å²) in [6, 6.07) is 13.1. The molecule has 0 saturated heterocycles. The van der Waals surface area contributed by atoms with Gasteiger partial charge in [-0.05, 0) is 54.3 Å². The highest BCUT2D eigenvalue weighted by atomic mass is 32.2. The summed E-state index contributed by atoms with van der Waals surface area (Å²) in [6.07, 6.45) is 1.05. The molecule has 2 rings (SSSR count). The summed E-state index contributed by atoms with van der Waals surface area (Å²) in [6.45, 7) is 5.22. The lowest BCUT2D eigenvalue weighted by Crippen LogP contribution is -2.28. The molecule has 1 unspecified atom stereocenters. The normalized spacial score (nSPS) is 12.1. The second-order valence-electron chi connectivity index (χ2n) is 6.40. The molecule has 2 N–H and O–H groups in total. The Morgan fingerprint density at radius 2 is 1.64 bits per heavy atom. The molecule has 0 heterocycles. The monoisotopic (exact) mass is 404 g/mol. The summed E-state index contributed by atoms with van der Waals surface area (Å²) in [7, 11) is -3.90. The van der Waals surface area contributed by atoms with E-state index in [1.54, 1.807) is 0 Å². The number of nitrogens with one attached hydrogen (secondary N) is 2. The molecule has 2 aromatic rings. The first-order chi connectivity index (χ1) is 13.2. The van der Waals surface area contributed by atoms with Gasteiger partial charge in [-0.25, -0.2) is 13.1 Å². The first kappa shape index (κ1) is 21.4. The van der Waals surface area contributed by atoms with Crippen molar-refractivity contribution in [2.24, 2.45) is 0 Å². The van der Waals surface area contributed by atoms with Crippen LogP contribution in [0.25, 0.3) is 0 Å². The third-order valence-corrected chi connectivity index (χ3v) is 5.61. The quantitative estimate of drug-likeness (QED) is 0.704. The van der Waals surface area contributed by atoms with Crippen molar-refractivity contribution in [2.45, 2.75) is 38.0 Å². The Morgan fingerprint density at radius 1 is 1.04 bits per heavy atom. The van der Waals surface area contributed by atoms with Crippen molar-refractivity contribution in [1.82, 2.24) is 4.72 Å². The van der Waals surface area contributed by atoms with E-state index >= 15 is 0 Å². The number of rotatable bonds is 8. The van der Waals surface area contributed by atoms with Gasteiger partial charge in [0.1, 0.15) is 5.75 Å². The number of ether oxygens (including phenoxy) is 1. The third kappa shape index (κ3) is 6.09. The van der Waals surface area contributed by atoms with E-state index in [9.17, 15) is 18.0 Å². The predicted molar refractivity (Wildman–Crippen MR) is 107 cm³/mol. The summed E-state index contributed by atoms with van der Waals surface area (Å²) in [5.74, 6) is 0.0175. The molecule has 0 aliphatic rings. The van der Waals surface area contributed by atoms with Gasteiger partial charge in [0, 0.05) is 12.6 Å². The van der Waals surface area contributed by atoms with Crippen LogP contribution < -0.4 is 14.8 Å². The molecule has 0 spiro atoms. The van der Waals surface area contributed by atoms with Crippen molar-refractivity contribution in [3.63, 3.8) is 0 Å². The number of anilines is 1. The zero-order chi connectivity index (χ0) is 20.7. The van der Waals surface area contributed by atoms with E-state index in [1.807, 2.05) is 29.0 Å². The zero-order valence-electron chi connectivity index (χ0n) is 16.1. The lowest BCUT2D eigenvalue weighted by Gasteiger charge is -2.11. The Morgan fingerprint density at radius 3 is 2.18 bits per heavy atom. The number of carbonyl (C=O) groups is 2. The van der Waals surface area contributed by atoms with E-state index in [4.69, 9.17) is 4.74 Å². The minimum Gasteiger partial charge on any atom is -0.484 e. The summed E-state index contributed by atoms with van der Waals surface area (Å²) >= 11 is 0. The van der Waals surface area contributed by atoms with Gasteiger partial charge < -0.3 is 10.1 Å². The molecule has 0 aliphatic carbocycles. The largest absolute Gasteiger partial charge is 0.484 e. The smallest absolute Gasteiger partial charge is 0.264 e. The van der Waals surface area contributed by atoms with Gasteiger partial charge in [0.05, 0.1) is 4.90 Å². The second-order valence-corrected chi connectivity index (χ2v) is 8.08. The maximum absolute atomic E-state index is 12.0. The summed E-state index contributed by atoms with van der Waals surface area (Å²) < 4.78 is 31.1. The molecular formula is C20H24N2O5S. The van der Waals surface area contributed by atoms with Gasteiger partial charge in [-0.15, -0.1) is 0 Å². The van der Waals surface area contributed by atoms with Crippen molar-refractivity contribution in [3.8, 4) is 5.75 Å². The molecule has 8 heteroatoms. The zero-order valence-corrected chi connectivity index (χ0v) is 16.9. The fraction of sp³-hybridized carbons (Fsp3) is 0.300. The van der Waals surface area contributed by atoms with Gasteiger partial charge in [-0.1, -0.05) is 26.0 Å². The maximum Gasteiger partial charge on any atom is 0.264 e. The Kier molecular flexibility index (Phi) is 7.17. The molecule has 0 bridgehead atoms. The van der Waals surface area contributed by atoms with E-state index in [2.05, 4.69) is 19.2 Å². The topological polar surface area (TPSA) is 102 Å². The van der Waals surface area contributed by atoms with E-state index in [0.29, 0.717) is 17.4 Å². The van der Waals surface area contributed by atoms with Crippen molar-refractivity contribution in [2.75, 3.05) is 11.9 Å². The van der Waals surface area contributed by atoms with E-state index in [0.717, 1.165) is 13.3 Å². The number of benzene rings is 2. The molecule has 1 atom stereocenters. The summed E-state index contributed by atoms with van der Waals surface area (Å²) in [4.78, 5) is 22.9. The van der Waals surface area contributed by atoms with Gasteiger partial charge in [-0.2, -0.15) is 0 Å². The minimum absolute atomic E-state index is 0.0710. The molecule has 0 saturated carbocycles. The summed E-state index contributed by atoms with van der Waals surface area (Å²) in [5.41, 5.74) is 1.64. The number of carbonyl (C=O) groups excluding carboxylic acids is 2. The Bertz CT molecular complexity index is 922.